The lowest BCUT2D eigenvalue weighted by atomic mass is 10.1. The van der Waals surface area contributed by atoms with Crippen LogP contribution in [0.3, 0.4) is 0 Å². The molecule has 24 heavy (non-hydrogen) atoms. The fraction of sp³-hybridized carbons (Fsp3) is 0.350. The normalized spacial score (nSPS) is 10.5. The summed E-state index contributed by atoms with van der Waals surface area (Å²) in [5.74, 6) is 0.897. The van der Waals surface area contributed by atoms with Crippen LogP contribution in [0.2, 0.25) is 0 Å². The van der Waals surface area contributed by atoms with Gasteiger partial charge in [0.1, 0.15) is 5.75 Å². The van der Waals surface area contributed by atoms with Crippen LogP contribution in [-0.4, -0.2) is 18.6 Å². The number of carbonyl (C=O) groups is 1. The first-order valence-electron chi connectivity index (χ1n) is 8.36. The highest BCUT2D eigenvalue weighted by molar-refractivity contribution is 5.76. The molecule has 4 nitrogen and oxygen atoms in total. The van der Waals surface area contributed by atoms with Crippen molar-refractivity contribution in [2.24, 2.45) is 0 Å². The Morgan fingerprint density at radius 1 is 1.04 bits per heavy atom. The predicted octanol–water partition coefficient (Wildman–Crippen LogP) is 3.90. The van der Waals surface area contributed by atoms with Crippen LogP contribution in [-0.2, 0) is 11.3 Å². The molecule has 0 saturated carbocycles. The first kappa shape index (κ1) is 17.9. The van der Waals surface area contributed by atoms with Crippen LogP contribution in [0.25, 0.3) is 0 Å². The summed E-state index contributed by atoms with van der Waals surface area (Å²) in [4.78, 5) is 11.9. The summed E-state index contributed by atoms with van der Waals surface area (Å²) in [5.41, 5.74) is 3.32. The summed E-state index contributed by atoms with van der Waals surface area (Å²) in [7, 11) is 0. The number of hydrogen-bond donors (Lipinski definition) is 2. The van der Waals surface area contributed by atoms with Crippen molar-refractivity contribution < 1.29 is 9.53 Å². The van der Waals surface area contributed by atoms with E-state index < -0.39 is 0 Å². The second kappa shape index (κ2) is 8.96. The smallest absolute Gasteiger partial charge is 0.222 e. The summed E-state index contributed by atoms with van der Waals surface area (Å²) in [6.07, 6.45) is 0.608. The Hall–Kier alpha value is -2.49. The molecular formula is C20H26N2O2. The minimum absolute atomic E-state index is 0.0443. The molecule has 2 aromatic rings. The molecule has 0 atom stereocenters. The highest BCUT2D eigenvalue weighted by atomic mass is 16.5. The zero-order valence-electron chi connectivity index (χ0n) is 14.6. The monoisotopic (exact) mass is 326 g/mol. The second-order valence-corrected chi connectivity index (χ2v) is 6.13. The van der Waals surface area contributed by atoms with Gasteiger partial charge >= 0.3 is 0 Å². The van der Waals surface area contributed by atoms with Gasteiger partial charge < -0.3 is 15.4 Å². The van der Waals surface area contributed by atoms with Gasteiger partial charge in [0.15, 0.2) is 0 Å². The van der Waals surface area contributed by atoms with E-state index >= 15 is 0 Å². The molecular weight excluding hydrogens is 300 g/mol. The number of amides is 1. The van der Waals surface area contributed by atoms with Gasteiger partial charge in [-0.15, -0.1) is 0 Å². The fourth-order valence-electron chi connectivity index (χ4n) is 2.24. The van der Waals surface area contributed by atoms with Crippen LogP contribution in [0, 0.1) is 6.92 Å². The van der Waals surface area contributed by atoms with Gasteiger partial charge in [-0.2, -0.15) is 0 Å². The number of benzene rings is 2. The number of anilines is 1. The lowest BCUT2D eigenvalue weighted by Crippen LogP contribution is -2.24. The Morgan fingerprint density at radius 2 is 1.71 bits per heavy atom. The van der Waals surface area contributed by atoms with Gasteiger partial charge in [-0.1, -0.05) is 29.8 Å². The predicted molar refractivity (Wildman–Crippen MR) is 98.3 cm³/mol. The van der Waals surface area contributed by atoms with Gasteiger partial charge in [0.05, 0.1) is 6.10 Å². The van der Waals surface area contributed by atoms with E-state index in [-0.39, 0.29) is 12.0 Å². The number of carbonyl (C=O) groups excluding carboxylic acids is 1. The molecule has 0 heterocycles. The van der Waals surface area contributed by atoms with E-state index in [1.54, 1.807) is 0 Å². The SMILES string of the molecule is Cc1ccc(CNC(=O)CCNc2ccc(OC(C)C)cc2)cc1. The zero-order valence-corrected chi connectivity index (χ0v) is 14.6. The maximum atomic E-state index is 11.9. The van der Waals surface area contributed by atoms with Crippen molar-refractivity contribution >= 4 is 11.6 Å². The molecule has 0 aliphatic heterocycles. The van der Waals surface area contributed by atoms with E-state index in [0.29, 0.717) is 19.5 Å². The standard InChI is InChI=1S/C20H26N2O2/c1-15(2)24-19-10-8-18(9-11-19)21-13-12-20(23)22-14-17-6-4-16(3)5-7-17/h4-11,15,21H,12-14H2,1-3H3,(H,22,23). The maximum Gasteiger partial charge on any atom is 0.222 e. The molecule has 0 spiro atoms. The van der Waals surface area contributed by atoms with Gasteiger partial charge in [0.2, 0.25) is 5.91 Å². The van der Waals surface area contributed by atoms with Crippen molar-refractivity contribution in [3.05, 3.63) is 59.7 Å². The summed E-state index contributed by atoms with van der Waals surface area (Å²) >= 11 is 0. The van der Waals surface area contributed by atoms with E-state index in [1.165, 1.54) is 5.56 Å². The molecule has 1 amide bonds. The Bertz CT molecular complexity index is 634. The van der Waals surface area contributed by atoms with Crippen molar-refractivity contribution in [1.82, 2.24) is 5.32 Å². The minimum atomic E-state index is 0.0443. The van der Waals surface area contributed by atoms with E-state index in [9.17, 15) is 4.79 Å². The second-order valence-electron chi connectivity index (χ2n) is 6.13. The first-order valence-corrected chi connectivity index (χ1v) is 8.36. The average Bonchev–Trinajstić information content (AvgIpc) is 2.55. The molecule has 0 aliphatic rings. The highest BCUT2D eigenvalue weighted by Crippen LogP contribution is 2.16. The summed E-state index contributed by atoms with van der Waals surface area (Å²) < 4.78 is 5.60. The van der Waals surface area contributed by atoms with Crippen molar-refractivity contribution in [2.75, 3.05) is 11.9 Å². The molecule has 2 N–H and O–H groups in total. The molecule has 0 unspecified atom stereocenters. The lowest BCUT2D eigenvalue weighted by Gasteiger charge is -2.11. The number of ether oxygens (including phenoxy) is 1. The Morgan fingerprint density at radius 3 is 2.33 bits per heavy atom. The lowest BCUT2D eigenvalue weighted by molar-refractivity contribution is -0.121. The van der Waals surface area contributed by atoms with Crippen molar-refractivity contribution in [3.63, 3.8) is 0 Å². The van der Waals surface area contributed by atoms with Crippen LogP contribution in [0.15, 0.2) is 48.5 Å². The van der Waals surface area contributed by atoms with Crippen molar-refractivity contribution in [3.8, 4) is 5.75 Å². The zero-order chi connectivity index (χ0) is 17.4. The largest absolute Gasteiger partial charge is 0.491 e. The fourth-order valence-corrected chi connectivity index (χ4v) is 2.24. The molecule has 4 heteroatoms. The number of aryl methyl sites for hydroxylation is 1. The third kappa shape index (κ3) is 6.32. The van der Waals surface area contributed by atoms with Crippen LogP contribution in [0.5, 0.6) is 5.75 Å². The summed E-state index contributed by atoms with van der Waals surface area (Å²) in [5, 5.41) is 6.18. The molecule has 2 rings (SSSR count). The van der Waals surface area contributed by atoms with Gasteiger partial charge in [-0.3, -0.25) is 4.79 Å². The van der Waals surface area contributed by atoms with Gasteiger partial charge in [0, 0.05) is 25.2 Å². The topological polar surface area (TPSA) is 50.4 Å². The van der Waals surface area contributed by atoms with Gasteiger partial charge in [0.25, 0.3) is 0 Å². The highest BCUT2D eigenvalue weighted by Gasteiger charge is 2.02. The summed E-state index contributed by atoms with van der Waals surface area (Å²) in [6.45, 7) is 7.22. The van der Waals surface area contributed by atoms with Crippen molar-refractivity contribution in [2.45, 2.75) is 39.8 Å². The molecule has 0 saturated heterocycles. The Balaban J connectivity index is 1.67. The number of hydrogen-bond acceptors (Lipinski definition) is 3. The molecule has 2 aromatic carbocycles. The maximum absolute atomic E-state index is 11.9. The van der Waals surface area contributed by atoms with Crippen LogP contribution < -0.4 is 15.4 Å². The van der Waals surface area contributed by atoms with Crippen molar-refractivity contribution in [1.29, 1.82) is 0 Å². The number of rotatable bonds is 8. The van der Waals surface area contributed by atoms with E-state index in [1.807, 2.05) is 50.2 Å². The van der Waals surface area contributed by atoms with E-state index in [0.717, 1.165) is 17.0 Å². The molecule has 0 fully saturated rings. The molecule has 0 aliphatic carbocycles. The minimum Gasteiger partial charge on any atom is -0.491 e. The Labute approximate surface area is 144 Å². The van der Waals surface area contributed by atoms with Gasteiger partial charge in [-0.25, -0.2) is 0 Å². The molecule has 0 radical (unpaired) electrons. The Kier molecular flexibility index (Phi) is 6.67. The average molecular weight is 326 g/mol. The quantitative estimate of drug-likeness (QED) is 0.773. The summed E-state index contributed by atoms with van der Waals surface area (Å²) in [6, 6.07) is 16.0. The third-order valence-corrected chi connectivity index (χ3v) is 3.52. The van der Waals surface area contributed by atoms with Gasteiger partial charge in [-0.05, 0) is 50.6 Å². The van der Waals surface area contributed by atoms with Crippen LogP contribution in [0.1, 0.15) is 31.4 Å². The number of nitrogens with one attached hydrogen (secondary N) is 2. The van der Waals surface area contributed by atoms with Crippen LogP contribution >= 0.6 is 0 Å². The first-order chi connectivity index (χ1) is 11.5. The van der Waals surface area contributed by atoms with E-state index in [2.05, 4.69) is 29.7 Å². The molecule has 0 bridgehead atoms. The third-order valence-electron chi connectivity index (χ3n) is 3.52. The van der Waals surface area contributed by atoms with Crippen LogP contribution in [0.4, 0.5) is 5.69 Å². The van der Waals surface area contributed by atoms with E-state index in [4.69, 9.17) is 4.74 Å². The molecule has 0 aromatic heterocycles. The molecule has 128 valence electrons.